The zero-order valence-electron chi connectivity index (χ0n) is 12.8. The first-order valence-electron chi connectivity index (χ1n) is 7.97. The predicted molar refractivity (Wildman–Crippen MR) is 78.0 cm³/mol. The van der Waals surface area contributed by atoms with Crippen LogP contribution in [0.4, 0.5) is 0 Å². The van der Waals surface area contributed by atoms with Gasteiger partial charge < -0.3 is 10.0 Å². The van der Waals surface area contributed by atoms with Crippen molar-refractivity contribution >= 4 is 5.91 Å². The number of fused-ring (bicyclic) bond motifs is 2. The fourth-order valence-corrected chi connectivity index (χ4v) is 3.46. The van der Waals surface area contributed by atoms with E-state index in [2.05, 4.69) is 20.6 Å². The lowest BCUT2D eigenvalue weighted by molar-refractivity contribution is -0.133. The summed E-state index contributed by atoms with van der Waals surface area (Å²) in [4.78, 5) is 14.8. The van der Waals surface area contributed by atoms with Crippen molar-refractivity contribution in [2.24, 2.45) is 0 Å². The molecular formula is C14H19N7O2. The van der Waals surface area contributed by atoms with Crippen LogP contribution in [0.1, 0.15) is 42.3 Å². The topological polar surface area (TPSA) is 102 Å². The molecule has 1 atom stereocenters. The van der Waals surface area contributed by atoms with Crippen LogP contribution in [-0.2, 0) is 31.0 Å². The Kier molecular flexibility index (Phi) is 3.56. The summed E-state index contributed by atoms with van der Waals surface area (Å²) in [5, 5.41) is 25.1. The molecule has 0 saturated heterocycles. The number of aryl methyl sites for hydroxylation is 1. The zero-order chi connectivity index (χ0) is 15.8. The van der Waals surface area contributed by atoms with Gasteiger partial charge in [0.2, 0.25) is 5.91 Å². The van der Waals surface area contributed by atoms with Gasteiger partial charge in [-0.3, -0.25) is 9.48 Å². The van der Waals surface area contributed by atoms with Crippen molar-refractivity contribution in [3.63, 3.8) is 0 Å². The largest absolute Gasteiger partial charge is 0.394 e. The van der Waals surface area contributed by atoms with Crippen molar-refractivity contribution in [1.29, 1.82) is 0 Å². The van der Waals surface area contributed by atoms with Crippen molar-refractivity contribution < 1.29 is 9.90 Å². The number of amides is 1. The minimum atomic E-state index is -0.268. The fourth-order valence-electron chi connectivity index (χ4n) is 3.46. The lowest BCUT2D eigenvalue weighted by Gasteiger charge is -2.21. The molecule has 2 aliphatic heterocycles. The minimum Gasteiger partial charge on any atom is -0.394 e. The van der Waals surface area contributed by atoms with Crippen molar-refractivity contribution in [2.75, 3.05) is 6.61 Å². The summed E-state index contributed by atoms with van der Waals surface area (Å²) in [6.07, 6.45) is 4.55. The number of tetrazole rings is 1. The number of aliphatic hydroxyl groups is 1. The number of nitrogens with zero attached hydrogens (tertiary/aromatic N) is 7. The first-order chi connectivity index (χ1) is 11.3. The van der Waals surface area contributed by atoms with Gasteiger partial charge in [-0.15, -0.1) is 5.10 Å². The number of carbonyl (C=O) groups excluding carboxylic acids is 1. The van der Waals surface area contributed by atoms with E-state index < -0.39 is 0 Å². The lowest BCUT2D eigenvalue weighted by Crippen LogP contribution is -2.32. The molecule has 0 radical (unpaired) electrons. The van der Waals surface area contributed by atoms with E-state index in [0.717, 1.165) is 37.1 Å². The molecule has 1 N–H and O–H groups in total. The third kappa shape index (κ3) is 2.40. The van der Waals surface area contributed by atoms with Gasteiger partial charge in [-0.05, 0) is 23.3 Å². The van der Waals surface area contributed by atoms with Gasteiger partial charge in [0.1, 0.15) is 0 Å². The van der Waals surface area contributed by atoms with Crippen molar-refractivity contribution in [1.82, 2.24) is 34.9 Å². The molecule has 0 aromatic carbocycles. The number of hydrogen-bond donors (Lipinski definition) is 1. The maximum absolute atomic E-state index is 13.0. The molecule has 0 bridgehead atoms. The van der Waals surface area contributed by atoms with E-state index in [-0.39, 0.29) is 18.4 Å². The molecule has 9 nitrogen and oxygen atoms in total. The van der Waals surface area contributed by atoms with Gasteiger partial charge in [-0.25, -0.2) is 4.68 Å². The molecule has 0 spiro atoms. The molecule has 1 amide bonds. The Labute approximate surface area is 132 Å². The van der Waals surface area contributed by atoms with Crippen LogP contribution in [0.25, 0.3) is 0 Å². The zero-order valence-corrected chi connectivity index (χ0v) is 12.8. The van der Waals surface area contributed by atoms with Crippen LogP contribution in [0.3, 0.4) is 0 Å². The summed E-state index contributed by atoms with van der Waals surface area (Å²) in [5.41, 5.74) is 2.07. The average molecular weight is 317 g/mol. The van der Waals surface area contributed by atoms with E-state index >= 15 is 0 Å². The van der Waals surface area contributed by atoms with E-state index in [1.54, 1.807) is 15.6 Å². The molecule has 4 heterocycles. The molecule has 0 aliphatic carbocycles. The smallest absolute Gasteiger partial charge is 0.234 e. The third-order valence-electron chi connectivity index (χ3n) is 4.64. The Morgan fingerprint density at radius 2 is 2.26 bits per heavy atom. The summed E-state index contributed by atoms with van der Waals surface area (Å²) in [5.74, 6) is 0.492. The van der Waals surface area contributed by atoms with Crippen LogP contribution in [0, 0.1) is 0 Å². The predicted octanol–water partition coefficient (Wildman–Crippen LogP) is -0.328. The van der Waals surface area contributed by atoms with Gasteiger partial charge in [0, 0.05) is 18.7 Å². The molecule has 9 heteroatoms. The van der Waals surface area contributed by atoms with Gasteiger partial charge in [0.15, 0.2) is 5.82 Å². The van der Waals surface area contributed by atoms with Crippen LogP contribution in [0.5, 0.6) is 0 Å². The second kappa shape index (κ2) is 5.73. The van der Waals surface area contributed by atoms with Crippen LogP contribution >= 0.6 is 0 Å². The third-order valence-corrected chi connectivity index (χ3v) is 4.64. The van der Waals surface area contributed by atoms with Crippen LogP contribution < -0.4 is 0 Å². The monoisotopic (exact) mass is 317 g/mol. The molecule has 23 heavy (non-hydrogen) atoms. The van der Waals surface area contributed by atoms with Gasteiger partial charge in [-0.2, -0.15) is 5.10 Å². The van der Waals surface area contributed by atoms with E-state index in [0.29, 0.717) is 25.5 Å². The highest BCUT2D eigenvalue weighted by atomic mass is 16.3. The van der Waals surface area contributed by atoms with E-state index in [1.807, 2.05) is 4.90 Å². The highest BCUT2D eigenvalue weighted by Crippen LogP contribution is 2.30. The summed E-state index contributed by atoms with van der Waals surface area (Å²) < 4.78 is 3.53. The van der Waals surface area contributed by atoms with Crippen molar-refractivity contribution in [3.8, 4) is 0 Å². The Bertz CT molecular complexity index is 723. The van der Waals surface area contributed by atoms with Gasteiger partial charge >= 0.3 is 0 Å². The highest BCUT2D eigenvalue weighted by Gasteiger charge is 2.35. The Morgan fingerprint density at radius 3 is 3.13 bits per heavy atom. The molecule has 2 aromatic rings. The maximum Gasteiger partial charge on any atom is 0.234 e. The molecule has 0 saturated carbocycles. The molecular weight excluding hydrogens is 298 g/mol. The summed E-state index contributed by atoms with van der Waals surface area (Å²) >= 11 is 0. The Balaban J connectivity index is 1.55. The number of aliphatic hydroxyl groups excluding tert-OH is 1. The van der Waals surface area contributed by atoms with Crippen LogP contribution in [0.15, 0.2) is 6.20 Å². The van der Waals surface area contributed by atoms with E-state index in [9.17, 15) is 4.79 Å². The molecule has 2 aromatic heterocycles. The molecule has 0 fully saturated rings. The number of rotatable bonds is 3. The SMILES string of the molecule is O=C(C1CCCCn2nnnc21)N1Cc2cnn(CCO)c2C1. The van der Waals surface area contributed by atoms with Gasteiger partial charge in [0.05, 0.1) is 37.5 Å². The van der Waals surface area contributed by atoms with Gasteiger partial charge in [-0.1, -0.05) is 6.42 Å². The second-order valence-corrected chi connectivity index (χ2v) is 6.07. The highest BCUT2D eigenvalue weighted by molar-refractivity contribution is 5.83. The van der Waals surface area contributed by atoms with Crippen LogP contribution in [-0.4, -0.2) is 52.5 Å². The molecule has 2 aliphatic rings. The summed E-state index contributed by atoms with van der Waals surface area (Å²) in [6.45, 7) is 2.38. The first-order valence-corrected chi connectivity index (χ1v) is 7.97. The fraction of sp³-hybridized carbons (Fsp3) is 0.643. The average Bonchev–Trinajstić information content (AvgIpc) is 3.22. The minimum absolute atomic E-state index is 0.0411. The Hall–Kier alpha value is -2.29. The standard InChI is InChI=1S/C14H19N7O2/c22-6-5-20-12-9-19(8-10(12)7-15-20)14(23)11-3-1-2-4-21-13(11)16-17-18-21/h7,11,22H,1-6,8-9H2. The lowest BCUT2D eigenvalue weighted by atomic mass is 10.0. The maximum atomic E-state index is 13.0. The normalized spacial score (nSPS) is 20.2. The number of aromatic nitrogens is 6. The molecule has 122 valence electrons. The Morgan fingerprint density at radius 1 is 1.35 bits per heavy atom. The quantitative estimate of drug-likeness (QED) is 0.832. The van der Waals surface area contributed by atoms with Gasteiger partial charge in [0.25, 0.3) is 0 Å². The number of hydrogen-bond acceptors (Lipinski definition) is 6. The summed E-state index contributed by atoms with van der Waals surface area (Å²) in [7, 11) is 0. The van der Waals surface area contributed by atoms with Crippen molar-refractivity contribution in [2.45, 2.75) is 51.4 Å². The molecule has 4 rings (SSSR count). The van der Waals surface area contributed by atoms with Crippen LogP contribution in [0.2, 0.25) is 0 Å². The number of carbonyl (C=O) groups is 1. The summed E-state index contributed by atoms with van der Waals surface area (Å²) in [6, 6.07) is 0. The first kappa shape index (κ1) is 14.3. The van der Waals surface area contributed by atoms with Crippen molar-refractivity contribution in [3.05, 3.63) is 23.3 Å². The second-order valence-electron chi connectivity index (χ2n) is 6.07. The molecule has 1 unspecified atom stereocenters. The van der Waals surface area contributed by atoms with E-state index in [4.69, 9.17) is 5.11 Å². The van der Waals surface area contributed by atoms with E-state index in [1.165, 1.54) is 0 Å².